The van der Waals surface area contributed by atoms with Gasteiger partial charge in [0.2, 0.25) is 0 Å². The summed E-state index contributed by atoms with van der Waals surface area (Å²) in [6.45, 7) is 1.83. The smallest absolute Gasteiger partial charge is 0.280 e. The first-order valence-electron chi connectivity index (χ1n) is 7.20. The number of carbonyl (C=O) groups excluding carboxylic acids is 1. The van der Waals surface area contributed by atoms with Gasteiger partial charge in [-0.05, 0) is 70.9 Å². The molecule has 24 heavy (non-hydrogen) atoms. The van der Waals surface area contributed by atoms with E-state index in [1.165, 1.54) is 5.01 Å². The highest BCUT2D eigenvalue weighted by atomic mass is 79.9. The summed E-state index contributed by atoms with van der Waals surface area (Å²) in [7, 11) is 1.62. The van der Waals surface area contributed by atoms with Gasteiger partial charge in [0, 0.05) is 4.47 Å². The van der Waals surface area contributed by atoms with E-state index >= 15 is 0 Å². The van der Waals surface area contributed by atoms with E-state index in [1.807, 2.05) is 55.5 Å². The summed E-state index contributed by atoms with van der Waals surface area (Å²) >= 11 is 6.85. The fourth-order valence-corrected chi connectivity index (χ4v) is 3.20. The summed E-state index contributed by atoms with van der Waals surface area (Å²) in [5, 5.41) is 5.81. The molecule has 0 bridgehead atoms. The molecule has 0 aliphatic carbocycles. The molecule has 0 spiro atoms. The minimum absolute atomic E-state index is 0.137. The van der Waals surface area contributed by atoms with Crippen LogP contribution in [0.1, 0.15) is 12.5 Å². The minimum Gasteiger partial charge on any atom is -0.496 e. The number of hydrogen-bond donors (Lipinski definition) is 0. The first-order valence-corrected chi connectivity index (χ1v) is 8.79. The van der Waals surface area contributed by atoms with Crippen molar-refractivity contribution in [2.45, 2.75) is 6.92 Å². The molecule has 2 aromatic carbocycles. The molecule has 1 amide bonds. The third-order valence-electron chi connectivity index (χ3n) is 3.62. The van der Waals surface area contributed by atoms with Crippen molar-refractivity contribution in [2.75, 3.05) is 12.1 Å². The summed E-state index contributed by atoms with van der Waals surface area (Å²) in [6.07, 6.45) is 1.84. The van der Waals surface area contributed by atoms with Gasteiger partial charge in [0.05, 0.1) is 28.6 Å². The van der Waals surface area contributed by atoms with Crippen LogP contribution in [-0.4, -0.2) is 18.7 Å². The number of rotatable bonds is 3. The first-order chi connectivity index (χ1) is 11.5. The highest BCUT2D eigenvalue weighted by molar-refractivity contribution is 9.10. The number of methoxy groups -OCH3 is 1. The third kappa shape index (κ3) is 3.30. The van der Waals surface area contributed by atoms with Crippen molar-refractivity contribution in [2.24, 2.45) is 5.10 Å². The number of halogens is 2. The van der Waals surface area contributed by atoms with Gasteiger partial charge in [-0.3, -0.25) is 4.79 Å². The second-order valence-corrected chi connectivity index (χ2v) is 7.00. The van der Waals surface area contributed by atoms with E-state index in [9.17, 15) is 4.79 Å². The molecule has 6 heteroatoms. The standard InChI is InChI=1S/C18H14Br2N2O2/c1-11-15(9-12-3-8-17(24-2)16(20)10-12)18(23)22(21-11)14-6-4-13(19)5-7-14/h3-10H,1-2H3/b15-9+. The number of anilines is 1. The van der Waals surface area contributed by atoms with Crippen molar-refractivity contribution in [3.63, 3.8) is 0 Å². The molecule has 2 aromatic rings. The largest absolute Gasteiger partial charge is 0.496 e. The number of amides is 1. The van der Waals surface area contributed by atoms with Crippen molar-refractivity contribution in [1.82, 2.24) is 0 Å². The molecule has 0 fully saturated rings. The highest BCUT2D eigenvalue weighted by Crippen LogP contribution is 2.29. The van der Waals surface area contributed by atoms with Gasteiger partial charge >= 0.3 is 0 Å². The Morgan fingerprint density at radius 1 is 1.12 bits per heavy atom. The molecule has 0 saturated carbocycles. The predicted molar refractivity (Wildman–Crippen MR) is 103 cm³/mol. The van der Waals surface area contributed by atoms with Crippen LogP contribution >= 0.6 is 31.9 Å². The molecule has 0 N–H and O–H groups in total. The number of ether oxygens (including phenoxy) is 1. The Morgan fingerprint density at radius 3 is 2.46 bits per heavy atom. The van der Waals surface area contributed by atoms with Gasteiger partial charge in [-0.15, -0.1) is 0 Å². The molecule has 1 aliphatic rings. The van der Waals surface area contributed by atoms with E-state index in [2.05, 4.69) is 37.0 Å². The maximum absolute atomic E-state index is 12.7. The van der Waals surface area contributed by atoms with E-state index < -0.39 is 0 Å². The topological polar surface area (TPSA) is 41.9 Å². The van der Waals surface area contributed by atoms with Crippen LogP contribution in [0, 0.1) is 0 Å². The molecular weight excluding hydrogens is 436 g/mol. The van der Waals surface area contributed by atoms with Gasteiger partial charge in [-0.25, -0.2) is 0 Å². The number of hydrogen-bond acceptors (Lipinski definition) is 3. The van der Waals surface area contributed by atoms with Crippen molar-refractivity contribution in [3.05, 3.63) is 62.5 Å². The molecule has 0 unspecified atom stereocenters. The van der Waals surface area contributed by atoms with E-state index in [0.717, 1.165) is 25.9 Å². The molecule has 1 aliphatic heterocycles. The van der Waals surface area contributed by atoms with Crippen LogP contribution < -0.4 is 9.75 Å². The second kappa shape index (κ2) is 6.91. The molecule has 1 heterocycles. The van der Waals surface area contributed by atoms with E-state index in [4.69, 9.17) is 4.74 Å². The lowest BCUT2D eigenvalue weighted by atomic mass is 10.1. The molecule has 0 saturated heterocycles. The Balaban J connectivity index is 1.92. The van der Waals surface area contributed by atoms with Crippen LogP contribution in [0.4, 0.5) is 5.69 Å². The fraction of sp³-hybridized carbons (Fsp3) is 0.111. The van der Waals surface area contributed by atoms with Crippen LogP contribution in [0.25, 0.3) is 6.08 Å². The number of carbonyl (C=O) groups is 1. The van der Waals surface area contributed by atoms with Gasteiger partial charge in [-0.2, -0.15) is 10.1 Å². The maximum atomic E-state index is 12.7. The van der Waals surface area contributed by atoms with Crippen LogP contribution in [-0.2, 0) is 4.79 Å². The van der Waals surface area contributed by atoms with Crippen molar-refractivity contribution < 1.29 is 9.53 Å². The normalized spacial score (nSPS) is 15.8. The van der Waals surface area contributed by atoms with Crippen molar-refractivity contribution >= 4 is 55.2 Å². The molecule has 4 nitrogen and oxygen atoms in total. The lowest BCUT2D eigenvalue weighted by Crippen LogP contribution is -2.21. The van der Waals surface area contributed by atoms with Gasteiger partial charge in [0.1, 0.15) is 5.75 Å². The summed E-state index contributed by atoms with van der Waals surface area (Å²) in [5.74, 6) is 0.610. The Labute approximate surface area is 157 Å². The highest BCUT2D eigenvalue weighted by Gasteiger charge is 2.28. The Bertz CT molecular complexity index is 858. The van der Waals surface area contributed by atoms with Crippen LogP contribution in [0.15, 0.2) is 62.1 Å². The van der Waals surface area contributed by atoms with E-state index in [1.54, 1.807) is 7.11 Å². The van der Waals surface area contributed by atoms with Gasteiger partial charge in [0.25, 0.3) is 5.91 Å². The fourth-order valence-electron chi connectivity index (χ4n) is 2.38. The van der Waals surface area contributed by atoms with Gasteiger partial charge < -0.3 is 4.74 Å². The molecule has 122 valence electrons. The van der Waals surface area contributed by atoms with Gasteiger partial charge in [0.15, 0.2) is 0 Å². The zero-order valence-corrected chi connectivity index (χ0v) is 16.3. The average molecular weight is 450 g/mol. The number of hydrazone groups is 1. The second-order valence-electron chi connectivity index (χ2n) is 5.23. The zero-order valence-electron chi connectivity index (χ0n) is 13.1. The van der Waals surface area contributed by atoms with Gasteiger partial charge in [-0.1, -0.05) is 22.0 Å². The summed E-state index contributed by atoms with van der Waals surface area (Å²) in [5.41, 5.74) is 2.91. The lowest BCUT2D eigenvalue weighted by Gasteiger charge is -2.11. The minimum atomic E-state index is -0.137. The molecule has 0 aromatic heterocycles. The summed E-state index contributed by atoms with van der Waals surface area (Å²) < 4.78 is 7.02. The maximum Gasteiger partial charge on any atom is 0.280 e. The van der Waals surface area contributed by atoms with Crippen LogP contribution in [0.3, 0.4) is 0 Å². The van der Waals surface area contributed by atoms with E-state index in [0.29, 0.717) is 11.3 Å². The molecule has 3 rings (SSSR count). The molecular formula is C18H14Br2N2O2. The molecule has 0 atom stereocenters. The SMILES string of the molecule is COc1ccc(/C=C2/C(=O)N(c3ccc(Br)cc3)N=C2C)cc1Br. The Morgan fingerprint density at radius 2 is 1.83 bits per heavy atom. The number of benzene rings is 2. The Kier molecular flexibility index (Phi) is 4.87. The predicted octanol–water partition coefficient (Wildman–Crippen LogP) is 5.03. The Hall–Kier alpha value is -1.92. The lowest BCUT2D eigenvalue weighted by molar-refractivity contribution is -0.114. The zero-order chi connectivity index (χ0) is 17.3. The quantitative estimate of drug-likeness (QED) is 0.617. The monoisotopic (exact) mass is 448 g/mol. The average Bonchev–Trinajstić information content (AvgIpc) is 2.84. The molecule has 0 radical (unpaired) electrons. The van der Waals surface area contributed by atoms with Crippen molar-refractivity contribution in [1.29, 1.82) is 0 Å². The number of nitrogens with zero attached hydrogens (tertiary/aromatic N) is 2. The summed E-state index contributed by atoms with van der Waals surface area (Å²) in [4.78, 5) is 12.7. The van der Waals surface area contributed by atoms with E-state index in [-0.39, 0.29) is 5.91 Å². The first kappa shape index (κ1) is 16.9. The summed E-state index contributed by atoms with van der Waals surface area (Å²) in [6, 6.07) is 13.1. The van der Waals surface area contributed by atoms with Crippen LogP contribution in [0.2, 0.25) is 0 Å². The third-order valence-corrected chi connectivity index (χ3v) is 4.77. The van der Waals surface area contributed by atoms with Crippen molar-refractivity contribution in [3.8, 4) is 5.75 Å². The van der Waals surface area contributed by atoms with Crippen LogP contribution in [0.5, 0.6) is 5.75 Å².